The van der Waals surface area contributed by atoms with Crippen molar-refractivity contribution < 1.29 is 0 Å². The molecule has 0 spiro atoms. The van der Waals surface area contributed by atoms with Crippen molar-refractivity contribution in [3.8, 4) is 22.3 Å². The Morgan fingerprint density at radius 1 is 0.618 bits per heavy atom. The molecule has 0 saturated carbocycles. The molecule has 0 aliphatic heterocycles. The van der Waals surface area contributed by atoms with Gasteiger partial charge in [-0.3, -0.25) is 0 Å². The van der Waals surface area contributed by atoms with Gasteiger partial charge in [0.15, 0.2) is 0 Å². The average Bonchev–Trinajstić information content (AvgIpc) is 3.01. The van der Waals surface area contributed by atoms with E-state index >= 15 is 0 Å². The van der Waals surface area contributed by atoms with Crippen LogP contribution >= 0.6 is 0 Å². The number of aryl methyl sites for hydroxylation is 2. The van der Waals surface area contributed by atoms with Crippen LogP contribution in [0.2, 0.25) is 0 Å². The van der Waals surface area contributed by atoms with Crippen molar-refractivity contribution in [1.29, 1.82) is 0 Å². The lowest BCUT2D eigenvalue weighted by molar-refractivity contribution is 0.559. The lowest BCUT2D eigenvalue weighted by Crippen LogP contribution is -2.38. The molecule has 1 nitrogen and oxygen atoms in total. The molecule has 0 aromatic heterocycles. The van der Waals surface area contributed by atoms with E-state index in [-0.39, 0.29) is 11.0 Å². The Balaban J connectivity index is 1.66. The van der Waals surface area contributed by atoms with E-state index in [2.05, 4.69) is 138 Å². The summed E-state index contributed by atoms with van der Waals surface area (Å²) in [6.07, 6.45) is 0. The summed E-state index contributed by atoms with van der Waals surface area (Å²) in [5, 5.41) is 0. The van der Waals surface area contributed by atoms with Gasteiger partial charge in [0.05, 0.1) is 0 Å². The first-order chi connectivity index (χ1) is 16.1. The standard InChI is InChI=1S/C33H35N/c1-22-13-8-11-18-31(22)34(32(3,4)5)25-15-12-14-24(20-25)27-21-28-26-16-9-10-17-29(26)33(6,7)30(28)19-23(27)2/h8-21H,1-7H3. The minimum atomic E-state index is -0.0549. The van der Waals surface area contributed by atoms with Crippen LogP contribution in [0.5, 0.6) is 0 Å². The van der Waals surface area contributed by atoms with Crippen molar-refractivity contribution in [2.24, 2.45) is 0 Å². The molecule has 0 unspecified atom stereocenters. The van der Waals surface area contributed by atoms with Gasteiger partial charge in [0.1, 0.15) is 0 Å². The maximum absolute atomic E-state index is 2.47. The highest BCUT2D eigenvalue weighted by molar-refractivity contribution is 5.86. The van der Waals surface area contributed by atoms with E-state index in [1.807, 2.05) is 0 Å². The van der Waals surface area contributed by atoms with Crippen LogP contribution in [0.25, 0.3) is 22.3 Å². The maximum atomic E-state index is 2.47. The molecule has 1 aliphatic rings. The number of anilines is 2. The predicted octanol–water partition coefficient (Wildman–Crippen LogP) is 9.21. The van der Waals surface area contributed by atoms with Gasteiger partial charge in [-0.1, -0.05) is 74.5 Å². The molecule has 0 bridgehead atoms. The Labute approximate surface area is 205 Å². The van der Waals surface area contributed by atoms with Crippen molar-refractivity contribution in [3.63, 3.8) is 0 Å². The first-order valence-electron chi connectivity index (χ1n) is 12.3. The van der Waals surface area contributed by atoms with Gasteiger partial charge in [0.2, 0.25) is 0 Å². The Hall–Kier alpha value is -3.32. The molecule has 0 amide bonds. The first-order valence-corrected chi connectivity index (χ1v) is 12.3. The van der Waals surface area contributed by atoms with E-state index in [1.54, 1.807) is 0 Å². The fourth-order valence-corrected chi connectivity index (χ4v) is 5.68. The van der Waals surface area contributed by atoms with E-state index in [0.717, 1.165) is 0 Å². The average molecular weight is 446 g/mol. The van der Waals surface area contributed by atoms with E-state index in [4.69, 9.17) is 0 Å². The Kier molecular flexibility index (Phi) is 5.20. The Bertz CT molecular complexity index is 1380. The molecular weight excluding hydrogens is 410 g/mol. The number of fused-ring (bicyclic) bond motifs is 3. The summed E-state index contributed by atoms with van der Waals surface area (Å²) in [7, 11) is 0. The van der Waals surface area contributed by atoms with Crippen molar-refractivity contribution in [3.05, 3.63) is 107 Å². The van der Waals surface area contributed by atoms with Crippen molar-refractivity contribution in [2.75, 3.05) is 4.90 Å². The molecule has 0 fully saturated rings. The van der Waals surface area contributed by atoms with E-state index in [9.17, 15) is 0 Å². The van der Waals surface area contributed by atoms with Crippen molar-refractivity contribution in [1.82, 2.24) is 0 Å². The summed E-state index contributed by atoms with van der Waals surface area (Å²) in [6.45, 7) is 16.0. The largest absolute Gasteiger partial charge is 0.336 e. The van der Waals surface area contributed by atoms with Crippen LogP contribution in [0.1, 0.15) is 56.9 Å². The molecule has 34 heavy (non-hydrogen) atoms. The summed E-state index contributed by atoms with van der Waals surface area (Å²) in [5.41, 5.74) is 13.3. The molecule has 0 heterocycles. The fourth-order valence-electron chi connectivity index (χ4n) is 5.68. The maximum Gasteiger partial charge on any atom is 0.0445 e. The molecule has 0 saturated heterocycles. The first kappa shape index (κ1) is 22.5. The second-order valence-electron chi connectivity index (χ2n) is 11.2. The van der Waals surface area contributed by atoms with Crippen LogP contribution in [-0.4, -0.2) is 5.54 Å². The van der Waals surface area contributed by atoms with E-state index < -0.39 is 0 Å². The topological polar surface area (TPSA) is 3.24 Å². The fraction of sp³-hybridized carbons (Fsp3) is 0.273. The SMILES string of the molecule is Cc1cc2c(cc1-c1cccc(N(c3ccccc3C)C(C)(C)C)c1)-c1ccccc1C2(C)C. The van der Waals surface area contributed by atoms with Crippen LogP contribution in [-0.2, 0) is 5.41 Å². The Morgan fingerprint density at radius 2 is 1.32 bits per heavy atom. The minimum absolute atomic E-state index is 0.0327. The molecule has 1 aliphatic carbocycles. The lowest BCUT2D eigenvalue weighted by Gasteiger charge is -2.39. The number of nitrogens with zero attached hydrogens (tertiary/aromatic N) is 1. The van der Waals surface area contributed by atoms with Gasteiger partial charge in [0, 0.05) is 22.3 Å². The molecule has 0 atom stereocenters. The highest BCUT2D eigenvalue weighted by Crippen LogP contribution is 2.50. The predicted molar refractivity (Wildman–Crippen MR) is 147 cm³/mol. The second kappa shape index (κ2) is 7.87. The number of rotatable bonds is 3. The highest BCUT2D eigenvalue weighted by Gasteiger charge is 2.35. The molecule has 4 aromatic rings. The molecule has 0 N–H and O–H groups in total. The third kappa shape index (κ3) is 3.55. The van der Waals surface area contributed by atoms with Gasteiger partial charge in [-0.25, -0.2) is 0 Å². The molecule has 0 radical (unpaired) electrons. The minimum Gasteiger partial charge on any atom is -0.336 e. The normalized spacial score (nSPS) is 14.0. The van der Waals surface area contributed by atoms with Crippen LogP contribution in [0.15, 0.2) is 84.9 Å². The number of benzene rings is 4. The summed E-state index contributed by atoms with van der Waals surface area (Å²) in [6, 6.07) is 31.5. The quantitative estimate of drug-likeness (QED) is 0.304. The zero-order valence-corrected chi connectivity index (χ0v) is 21.5. The smallest absolute Gasteiger partial charge is 0.0445 e. The van der Waals surface area contributed by atoms with Gasteiger partial charge in [-0.2, -0.15) is 0 Å². The van der Waals surface area contributed by atoms with Crippen LogP contribution in [0.4, 0.5) is 11.4 Å². The number of hydrogen-bond acceptors (Lipinski definition) is 1. The third-order valence-electron chi connectivity index (χ3n) is 7.37. The van der Waals surface area contributed by atoms with Gasteiger partial charge in [-0.05, 0) is 103 Å². The molecular formula is C33H35N. The molecule has 172 valence electrons. The van der Waals surface area contributed by atoms with Gasteiger partial charge < -0.3 is 4.90 Å². The summed E-state index contributed by atoms with van der Waals surface area (Å²) >= 11 is 0. The van der Waals surface area contributed by atoms with Gasteiger partial charge in [-0.15, -0.1) is 0 Å². The summed E-state index contributed by atoms with van der Waals surface area (Å²) in [5.74, 6) is 0. The highest BCUT2D eigenvalue weighted by atomic mass is 15.2. The third-order valence-corrected chi connectivity index (χ3v) is 7.37. The summed E-state index contributed by atoms with van der Waals surface area (Å²) < 4.78 is 0. The van der Waals surface area contributed by atoms with Crippen LogP contribution < -0.4 is 4.90 Å². The molecule has 4 aromatic carbocycles. The zero-order valence-electron chi connectivity index (χ0n) is 21.5. The second-order valence-corrected chi connectivity index (χ2v) is 11.2. The number of hydrogen-bond donors (Lipinski definition) is 0. The van der Waals surface area contributed by atoms with Crippen LogP contribution in [0.3, 0.4) is 0 Å². The van der Waals surface area contributed by atoms with E-state index in [1.165, 1.54) is 55.9 Å². The van der Waals surface area contributed by atoms with Crippen LogP contribution in [0, 0.1) is 13.8 Å². The number of para-hydroxylation sites is 1. The summed E-state index contributed by atoms with van der Waals surface area (Å²) in [4.78, 5) is 2.47. The van der Waals surface area contributed by atoms with Gasteiger partial charge >= 0.3 is 0 Å². The zero-order chi connectivity index (χ0) is 24.3. The Morgan fingerprint density at radius 3 is 2.06 bits per heavy atom. The van der Waals surface area contributed by atoms with E-state index in [0.29, 0.717) is 0 Å². The monoisotopic (exact) mass is 445 g/mol. The van der Waals surface area contributed by atoms with Crippen molar-refractivity contribution >= 4 is 11.4 Å². The van der Waals surface area contributed by atoms with Gasteiger partial charge in [0.25, 0.3) is 0 Å². The van der Waals surface area contributed by atoms with Crippen molar-refractivity contribution in [2.45, 2.75) is 59.4 Å². The lowest BCUT2D eigenvalue weighted by atomic mass is 9.81. The molecule has 5 rings (SSSR count). The molecule has 1 heteroatoms.